The zero-order valence-corrected chi connectivity index (χ0v) is 18.7. The van der Waals surface area contributed by atoms with Gasteiger partial charge in [0.05, 0.1) is 4.90 Å². The normalized spacial score (nSPS) is 20.5. The van der Waals surface area contributed by atoms with Crippen LogP contribution in [-0.2, 0) is 10.0 Å². The van der Waals surface area contributed by atoms with Crippen molar-refractivity contribution in [1.29, 1.82) is 0 Å². The molecule has 0 bridgehead atoms. The Hall–Kier alpha value is -2.13. The third-order valence-electron chi connectivity index (χ3n) is 5.62. The van der Waals surface area contributed by atoms with Crippen LogP contribution < -0.4 is 15.4 Å². The van der Waals surface area contributed by atoms with Crippen molar-refractivity contribution < 1.29 is 17.9 Å². The fraction of sp³-hybridized carbons (Fsp3) is 0.409. The van der Waals surface area contributed by atoms with Crippen LogP contribution in [-0.4, -0.2) is 57.0 Å². The highest BCUT2D eigenvalue weighted by molar-refractivity contribution is 7.89. The third kappa shape index (κ3) is 5.38. The maximum Gasteiger partial charge on any atom is 0.251 e. The quantitative estimate of drug-likeness (QED) is 0.687. The summed E-state index contributed by atoms with van der Waals surface area (Å²) in [6.07, 6.45) is 2.60. The van der Waals surface area contributed by atoms with Gasteiger partial charge in [-0.1, -0.05) is 17.7 Å². The number of carbonyl (C=O) groups is 1. The molecule has 31 heavy (non-hydrogen) atoms. The van der Waals surface area contributed by atoms with Crippen LogP contribution in [0.25, 0.3) is 0 Å². The standard InChI is InChI=1S/C22H26ClN3O4S/c23-17-3-1-2-16(14-17)22(27)25-18-10-13-26(15-18)31(28,29)21-6-4-19(5-7-21)30-20-8-11-24-12-9-20/h1-7,14,18,20,24H,8-13,15H2,(H,25,27)/t18-/m0/s1. The summed E-state index contributed by atoms with van der Waals surface area (Å²) in [5.74, 6) is 0.421. The maximum absolute atomic E-state index is 13.0. The molecule has 2 aromatic carbocycles. The predicted molar refractivity (Wildman–Crippen MR) is 119 cm³/mol. The van der Waals surface area contributed by atoms with E-state index in [0.717, 1.165) is 25.9 Å². The smallest absolute Gasteiger partial charge is 0.251 e. The molecule has 2 N–H and O–H groups in total. The molecule has 2 aliphatic heterocycles. The van der Waals surface area contributed by atoms with Crippen LogP contribution in [0.15, 0.2) is 53.4 Å². The lowest BCUT2D eigenvalue weighted by atomic mass is 10.1. The van der Waals surface area contributed by atoms with Crippen LogP contribution in [0.3, 0.4) is 0 Å². The van der Waals surface area contributed by atoms with E-state index in [2.05, 4.69) is 10.6 Å². The van der Waals surface area contributed by atoms with Crippen molar-refractivity contribution in [1.82, 2.24) is 14.9 Å². The number of hydrogen-bond donors (Lipinski definition) is 2. The molecule has 7 nitrogen and oxygen atoms in total. The summed E-state index contributed by atoms with van der Waals surface area (Å²) in [5, 5.41) is 6.67. The number of benzene rings is 2. The molecule has 0 radical (unpaired) electrons. The Morgan fingerprint density at radius 2 is 1.84 bits per heavy atom. The third-order valence-corrected chi connectivity index (χ3v) is 7.74. The van der Waals surface area contributed by atoms with Gasteiger partial charge in [0.1, 0.15) is 11.9 Å². The monoisotopic (exact) mass is 463 g/mol. The van der Waals surface area contributed by atoms with Crippen molar-refractivity contribution in [3.8, 4) is 5.75 Å². The van der Waals surface area contributed by atoms with Gasteiger partial charge in [-0.05, 0) is 74.8 Å². The topological polar surface area (TPSA) is 87.7 Å². The van der Waals surface area contributed by atoms with E-state index in [1.54, 1.807) is 48.5 Å². The van der Waals surface area contributed by atoms with E-state index in [0.29, 0.717) is 29.3 Å². The minimum atomic E-state index is -3.63. The van der Waals surface area contributed by atoms with Crippen molar-refractivity contribution in [2.24, 2.45) is 0 Å². The summed E-state index contributed by atoms with van der Waals surface area (Å²) in [6.45, 7) is 2.46. The largest absolute Gasteiger partial charge is 0.490 e. The summed E-state index contributed by atoms with van der Waals surface area (Å²) in [7, 11) is -3.63. The molecule has 1 amide bonds. The second-order valence-corrected chi connectivity index (χ2v) is 10.2. The average Bonchev–Trinajstić information content (AvgIpc) is 3.24. The summed E-state index contributed by atoms with van der Waals surface area (Å²) in [4.78, 5) is 12.7. The second-order valence-electron chi connectivity index (χ2n) is 7.87. The van der Waals surface area contributed by atoms with Gasteiger partial charge in [-0.2, -0.15) is 4.31 Å². The molecule has 2 aromatic rings. The van der Waals surface area contributed by atoms with Crippen molar-refractivity contribution >= 4 is 27.5 Å². The molecular formula is C22H26ClN3O4S. The molecule has 2 aliphatic rings. The Morgan fingerprint density at radius 1 is 1.10 bits per heavy atom. The first kappa shape index (κ1) is 22.1. The van der Waals surface area contributed by atoms with Gasteiger partial charge in [-0.15, -0.1) is 0 Å². The molecule has 2 fully saturated rings. The van der Waals surface area contributed by atoms with E-state index in [-0.39, 0.29) is 29.5 Å². The van der Waals surface area contributed by atoms with Crippen LogP contribution in [0.5, 0.6) is 5.75 Å². The van der Waals surface area contributed by atoms with Crippen molar-refractivity contribution in [2.75, 3.05) is 26.2 Å². The first-order valence-electron chi connectivity index (χ1n) is 10.5. The van der Waals surface area contributed by atoms with Gasteiger partial charge >= 0.3 is 0 Å². The van der Waals surface area contributed by atoms with Crippen molar-refractivity contribution in [2.45, 2.75) is 36.3 Å². The lowest BCUT2D eigenvalue weighted by Gasteiger charge is -2.24. The van der Waals surface area contributed by atoms with E-state index in [1.807, 2.05) is 0 Å². The SMILES string of the molecule is O=C(N[C@H]1CCN(S(=O)(=O)c2ccc(OC3CCNCC3)cc2)C1)c1cccc(Cl)c1. The Kier molecular flexibility index (Phi) is 6.81. The predicted octanol–water partition coefficient (Wildman–Crippen LogP) is 2.66. The molecule has 0 saturated carbocycles. The second kappa shape index (κ2) is 9.56. The number of amides is 1. The number of carbonyl (C=O) groups excluding carboxylic acids is 1. The Balaban J connectivity index is 1.36. The number of sulfonamides is 1. The molecule has 1 atom stereocenters. The lowest BCUT2D eigenvalue weighted by Crippen LogP contribution is -2.38. The summed E-state index contributed by atoms with van der Waals surface area (Å²) in [6, 6.07) is 13.0. The van der Waals surface area contributed by atoms with Crippen molar-refractivity contribution in [3.05, 3.63) is 59.1 Å². The van der Waals surface area contributed by atoms with Gasteiger partial charge in [-0.25, -0.2) is 8.42 Å². The first-order chi connectivity index (χ1) is 14.9. The van der Waals surface area contributed by atoms with Crippen LogP contribution in [0.2, 0.25) is 5.02 Å². The molecule has 166 valence electrons. The fourth-order valence-electron chi connectivity index (χ4n) is 3.91. The summed E-state index contributed by atoms with van der Waals surface area (Å²) < 4.78 is 33.4. The molecule has 2 saturated heterocycles. The zero-order chi connectivity index (χ0) is 21.8. The summed E-state index contributed by atoms with van der Waals surface area (Å²) >= 11 is 5.94. The van der Waals surface area contributed by atoms with Gasteiger partial charge in [0.2, 0.25) is 10.0 Å². The molecular weight excluding hydrogens is 438 g/mol. The highest BCUT2D eigenvalue weighted by Gasteiger charge is 2.33. The van der Waals surface area contributed by atoms with Gasteiger partial charge in [0.25, 0.3) is 5.91 Å². The molecule has 0 unspecified atom stereocenters. The minimum Gasteiger partial charge on any atom is -0.490 e. The highest BCUT2D eigenvalue weighted by Crippen LogP contribution is 2.24. The molecule has 0 spiro atoms. The van der Waals surface area contributed by atoms with Gasteiger partial charge in [0, 0.05) is 29.7 Å². The average molecular weight is 464 g/mol. The lowest BCUT2D eigenvalue weighted by molar-refractivity contribution is 0.0939. The fourth-order valence-corrected chi connectivity index (χ4v) is 5.60. The van der Waals surface area contributed by atoms with E-state index in [9.17, 15) is 13.2 Å². The van der Waals surface area contributed by atoms with Crippen LogP contribution >= 0.6 is 11.6 Å². The maximum atomic E-state index is 13.0. The van der Waals surface area contributed by atoms with E-state index < -0.39 is 10.0 Å². The number of nitrogens with zero attached hydrogens (tertiary/aromatic N) is 1. The van der Waals surface area contributed by atoms with Crippen molar-refractivity contribution in [3.63, 3.8) is 0 Å². The van der Waals surface area contributed by atoms with Crippen LogP contribution in [0.1, 0.15) is 29.6 Å². The number of nitrogens with one attached hydrogen (secondary N) is 2. The van der Waals surface area contributed by atoms with Crippen LogP contribution in [0.4, 0.5) is 0 Å². The van der Waals surface area contributed by atoms with Gasteiger partial charge in [-0.3, -0.25) is 4.79 Å². The zero-order valence-electron chi connectivity index (χ0n) is 17.1. The number of halogens is 1. The van der Waals surface area contributed by atoms with Gasteiger partial charge in [0.15, 0.2) is 0 Å². The Bertz CT molecular complexity index is 1020. The molecule has 0 aromatic heterocycles. The highest BCUT2D eigenvalue weighted by atomic mass is 35.5. The summed E-state index contributed by atoms with van der Waals surface area (Å²) in [5.41, 5.74) is 0.457. The minimum absolute atomic E-state index is 0.158. The van der Waals surface area contributed by atoms with E-state index >= 15 is 0 Å². The van der Waals surface area contributed by atoms with Crippen LogP contribution in [0, 0.1) is 0 Å². The molecule has 9 heteroatoms. The number of ether oxygens (including phenoxy) is 1. The van der Waals surface area contributed by atoms with E-state index in [4.69, 9.17) is 16.3 Å². The molecule has 2 heterocycles. The molecule has 4 rings (SSSR count). The first-order valence-corrected chi connectivity index (χ1v) is 12.3. The Labute approximate surface area is 187 Å². The van der Waals surface area contributed by atoms with Gasteiger partial charge < -0.3 is 15.4 Å². The van der Waals surface area contributed by atoms with E-state index in [1.165, 1.54) is 4.31 Å². The number of piperidine rings is 1. The molecule has 0 aliphatic carbocycles. The number of rotatable bonds is 6. The Morgan fingerprint density at radius 3 is 2.55 bits per heavy atom. The number of hydrogen-bond acceptors (Lipinski definition) is 5.